The third-order valence-electron chi connectivity index (χ3n) is 4.12. The van der Waals surface area contributed by atoms with Crippen molar-refractivity contribution in [3.8, 4) is 28.4 Å². The number of aromatic hydroxyl groups is 1. The first-order chi connectivity index (χ1) is 11.5. The molecule has 0 saturated carbocycles. The first-order valence-corrected chi connectivity index (χ1v) is 7.16. The largest absolute Gasteiger partial charge is 0.508 e. The van der Waals surface area contributed by atoms with E-state index in [0.29, 0.717) is 28.0 Å². The smallest absolute Gasteiger partial charge is 0.229 e. The second kappa shape index (κ2) is 4.86. The van der Waals surface area contributed by atoms with Crippen molar-refractivity contribution in [2.45, 2.75) is 0 Å². The number of methoxy groups -OCH3 is 2. The lowest BCUT2D eigenvalue weighted by Gasteiger charge is -2.09. The second-order valence-electron chi connectivity index (χ2n) is 5.40. The van der Waals surface area contributed by atoms with E-state index in [-0.39, 0.29) is 28.1 Å². The summed E-state index contributed by atoms with van der Waals surface area (Å²) < 4.78 is 16.1. The Morgan fingerprint density at radius 2 is 1.62 bits per heavy atom. The van der Waals surface area contributed by atoms with E-state index in [0.717, 1.165) is 0 Å². The van der Waals surface area contributed by atoms with Gasteiger partial charge in [-0.25, -0.2) is 0 Å². The zero-order valence-corrected chi connectivity index (χ0v) is 12.9. The average molecular weight is 324 g/mol. The normalized spacial score (nSPS) is 12.2. The van der Waals surface area contributed by atoms with E-state index in [1.54, 1.807) is 6.07 Å². The summed E-state index contributed by atoms with van der Waals surface area (Å²) >= 11 is 0. The van der Waals surface area contributed by atoms with Crippen molar-refractivity contribution in [3.05, 3.63) is 51.9 Å². The first-order valence-electron chi connectivity index (χ1n) is 7.16. The van der Waals surface area contributed by atoms with E-state index < -0.39 is 5.78 Å². The maximum atomic E-state index is 12.8. The van der Waals surface area contributed by atoms with Gasteiger partial charge < -0.3 is 19.0 Å². The van der Waals surface area contributed by atoms with Gasteiger partial charge in [0.15, 0.2) is 17.3 Å². The van der Waals surface area contributed by atoms with Crippen molar-refractivity contribution in [1.29, 1.82) is 0 Å². The number of phenols is 1. The van der Waals surface area contributed by atoms with Crippen molar-refractivity contribution in [1.82, 2.24) is 0 Å². The van der Waals surface area contributed by atoms with Crippen LogP contribution in [0.3, 0.4) is 0 Å². The molecule has 1 aromatic heterocycles. The number of carbonyl (C=O) groups excluding carboxylic acids is 1. The molecule has 0 fully saturated rings. The van der Waals surface area contributed by atoms with Gasteiger partial charge in [-0.1, -0.05) is 0 Å². The highest BCUT2D eigenvalue weighted by molar-refractivity contribution is 6.21. The Morgan fingerprint density at radius 1 is 0.958 bits per heavy atom. The molecule has 24 heavy (non-hydrogen) atoms. The molecule has 0 atom stereocenters. The molecule has 1 heterocycles. The minimum absolute atomic E-state index is 0.0385. The van der Waals surface area contributed by atoms with Gasteiger partial charge in [0.05, 0.1) is 25.2 Å². The molecule has 1 N–H and O–H groups in total. The summed E-state index contributed by atoms with van der Waals surface area (Å²) in [5.41, 5.74) is 0.818. The highest BCUT2D eigenvalue weighted by atomic mass is 16.5. The van der Waals surface area contributed by atoms with Crippen molar-refractivity contribution >= 4 is 16.8 Å². The second-order valence-corrected chi connectivity index (χ2v) is 5.40. The van der Waals surface area contributed by atoms with Gasteiger partial charge in [0, 0.05) is 17.2 Å². The van der Waals surface area contributed by atoms with Gasteiger partial charge >= 0.3 is 0 Å². The lowest BCUT2D eigenvalue weighted by molar-refractivity contribution is 0.101. The summed E-state index contributed by atoms with van der Waals surface area (Å²) in [6.45, 7) is 0. The van der Waals surface area contributed by atoms with E-state index in [1.807, 2.05) is 0 Å². The lowest BCUT2D eigenvalue weighted by Crippen LogP contribution is -2.07. The van der Waals surface area contributed by atoms with Crippen LogP contribution >= 0.6 is 0 Å². The Kier molecular flexibility index (Phi) is 2.90. The van der Waals surface area contributed by atoms with Crippen LogP contribution in [0.5, 0.6) is 17.2 Å². The number of hydrogen-bond donors (Lipinski definition) is 1. The third kappa shape index (κ3) is 1.76. The molecule has 0 amide bonds. The van der Waals surface area contributed by atoms with Crippen LogP contribution in [0.1, 0.15) is 16.1 Å². The van der Waals surface area contributed by atoms with Gasteiger partial charge in [-0.15, -0.1) is 0 Å². The van der Waals surface area contributed by atoms with Crippen LogP contribution in [-0.4, -0.2) is 25.1 Å². The fraction of sp³-hybridized carbons (Fsp3) is 0.111. The Morgan fingerprint density at radius 3 is 2.29 bits per heavy atom. The molecule has 4 rings (SSSR count). The molecule has 1 aliphatic carbocycles. The number of ether oxygens (including phenoxy) is 2. The Bertz CT molecular complexity index is 1080. The quantitative estimate of drug-likeness (QED) is 0.610. The highest BCUT2D eigenvalue weighted by Gasteiger charge is 2.34. The summed E-state index contributed by atoms with van der Waals surface area (Å²) in [5, 5.41) is 9.86. The number of rotatable bonds is 2. The zero-order chi connectivity index (χ0) is 17.0. The van der Waals surface area contributed by atoms with E-state index in [2.05, 4.69) is 0 Å². The third-order valence-corrected chi connectivity index (χ3v) is 4.12. The molecule has 1 aliphatic rings. The molecule has 0 radical (unpaired) electrons. The molecule has 6 nitrogen and oxygen atoms in total. The summed E-state index contributed by atoms with van der Waals surface area (Å²) in [6, 6.07) is 7.32. The molecule has 0 saturated heterocycles. The molecule has 0 aliphatic heterocycles. The Labute approximate surface area is 135 Å². The maximum absolute atomic E-state index is 12.8. The predicted molar refractivity (Wildman–Crippen MR) is 86.1 cm³/mol. The minimum atomic E-state index is -0.400. The number of fused-ring (bicyclic) bond motifs is 4. The highest BCUT2D eigenvalue weighted by Crippen LogP contribution is 2.42. The molecule has 6 heteroatoms. The van der Waals surface area contributed by atoms with E-state index in [9.17, 15) is 14.7 Å². The fourth-order valence-electron chi connectivity index (χ4n) is 2.98. The SMILES string of the molecule is COc1cc2c(cc1OC)-c1c(oc3cc(O)ccc3c1=O)C2=O. The summed E-state index contributed by atoms with van der Waals surface area (Å²) in [5.74, 6) is 0.331. The van der Waals surface area contributed by atoms with Gasteiger partial charge in [-0.05, 0) is 24.3 Å². The summed E-state index contributed by atoms with van der Waals surface area (Å²) in [4.78, 5) is 25.5. The number of benzene rings is 2. The molecule has 120 valence electrons. The molecule has 2 aromatic carbocycles. The number of hydrogen-bond acceptors (Lipinski definition) is 6. The number of carbonyl (C=O) groups is 1. The van der Waals surface area contributed by atoms with Crippen molar-refractivity contribution < 1.29 is 23.8 Å². The fourth-order valence-corrected chi connectivity index (χ4v) is 2.98. The van der Waals surface area contributed by atoms with Crippen LogP contribution in [0, 0.1) is 0 Å². The van der Waals surface area contributed by atoms with Gasteiger partial charge in [0.25, 0.3) is 0 Å². The molecular weight excluding hydrogens is 312 g/mol. The topological polar surface area (TPSA) is 86.0 Å². The van der Waals surface area contributed by atoms with Crippen molar-refractivity contribution in [2.75, 3.05) is 14.2 Å². The first kappa shape index (κ1) is 14.3. The van der Waals surface area contributed by atoms with Gasteiger partial charge in [-0.3, -0.25) is 9.59 Å². The van der Waals surface area contributed by atoms with Crippen LogP contribution in [-0.2, 0) is 0 Å². The Balaban J connectivity index is 2.10. The lowest BCUT2D eigenvalue weighted by atomic mass is 10.0. The average Bonchev–Trinajstić information content (AvgIpc) is 2.85. The Hall–Kier alpha value is -3.28. The monoisotopic (exact) mass is 324 g/mol. The summed E-state index contributed by atoms with van der Waals surface area (Å²) in [6.07, 6.45) is 0. The minimum Gasteiger partial charge on any atom is -0.508 e. The maximum Gasteiger partial charge on any atom is 0.229 e. The standard InChI is InChI=1S/C18H12O6/c1-22-13-6-10-11(7-14(13)23-2)17(21)18-15(10)16(20)9-4-3-8(19)5-12(9)24-18/h3-7,19H,1-2H3. The van der Waals surface area contributed by atoms with Crippen LogP contribution in [0.2, 0.25) is 0 Å². The van der Waals surface area contributed by atoms with Gasteiger partial charge in [0.1, 0.15) is 11.3 Å². The molecule has 0 bridgehead atoms. The predicted octanol–water partition coefficient (Wildman–Crippen LogP) is 2.73. The van der Waals surface area contributed by atoms with E-state index in [1.165, 1.54) is 38.5 Å². The van der Waals surface area contributed by atoms with Gasteiger partial charge in [-0.2, -0.15) is 0 Å². The zero-order valence-electron chi connectivity index (χ0n) is 12.9. The van der Waals surface area contributed by atoms with Crippen molar-refractivity contribution in [2.24, 2.45) is 0 Å². The number of ketones is 1. The number of phenolic OH excluding ortho intramolecular Hbond substituents is 1. The van der Waals surface area contributed by atoms with Crippen LogP contribution < -0.4 is 14.9 Å². The molecule has 0 unspecified atom stereocenters. The molecule has 0 spiro atoms. The van der Waals surface area contributed by atoms with E-state index >= 15 is 0 Å². The van der Waals surface area contributed by atoms with Gasteiger partial charge in [0.2, 0.25) is 11.2 Å². The van der Waals surface area contributed by atoms with E-state index in [4.69, 9.17) is 13.9 Å². The van der Waals surface area contributed by atoms with Crippen LogP contribution in [0.4, 0.5) is 0 Å². The summed E-state index contributed by atoms with van der Waals surface area (Å²) in [7, 11) is 2.95. The van der Waals surface area contributed by atoms with Crippen molar-refractivity contribution in [3.63, 3.8) is 0 Å². The van der Waals surface area contributed by atoms with Crippen LogP contribution in [0.25, 0.3) is 22.1 Å². The molecule has 3 aromatic rings. The molecular formula is C18H12O6. The van der Waals surface area contributed by atoms with Crippen LogP contribution in [0.15, 0.2) is 39.5 Å².